The van der Waals surface area contributed by atoms with Crippen LogP contribution >= 0.6 is 23.8 Å². The molecule has 1 N–H and O–H groups in total. The highest BCUT2D eigenvalue weighted by Gasteiger charge is 2.23. The summed E-state index contributed by atoms with van der Waals surface area (Å²) < 4.78 is 5.08. The van der Waals surface area contributed by atoms with Crippen molar-refractivity contribution in [2.75, 3.05) is 5.01 Å². The molecule has 0 fully saturated rings. The van der Waals surface area contributed by atoms with E-state index in [0.29, 0.717) is 5.02 Å². The number of hydrazone groups is 1. The van der Waals surface area contributed by atoms with Crippen molar-refractivity contribution in [2.45, 2.75) is 13.8 Å². The van der Waals surface area contributed by atoms with Crippen LogP contribution in [0, 0.1) is 17.0 Å². The second-order valence-electron chi connectivity index (χ2n) is 4.88. The average Bonchev–Trinajstić information content (AvgIpc) is 2.91. The molecule has 1 amide bonds. The summed E-state index contributed by atoms with van der Waals surface area (Å²) in [6.45, 7) is 2.82. The van der Waals surface area contributed by atoms with Gasteiger partial charge in [-0.05, 0) is 36.8 Å². The molecule has 1 heterocycles. The van der Waals surface area contributed by atoms with Gasteiger partial charge in [0.15, 0.2) is 0 Å². The maximum absolute atomic E-state index is 11.3. The minimum Gasteiger partial charge on any atom is -0.404 e. The lowest BCUT2D eigenvalue weighted by molar-refractivity contribution is -0.402. The predicted octanol–water partition coefficient (Wildman–Crippen LogP) is 3.41. The first kappa shape index (κ1) is 18.6. The van der Waals surface area contributed by atoms with E-state index in [2.05, 4.69) is 10.4 Å². The fraction of sp³-hybridized carbons (Fsp3) is 0.133. The average molecular weight is 381 g/mol. The summed E-state index contributed by atoms with van der Waals surface area (Å²) >= 11 is 11.0. The molecule has 0 spiro atoms. The van der Waals surface area contributed by atoms with Crippen molar-refractivity contribution >= 4 is 52.6 Å². The van der Waals surface area contributed by atoms with Crippen LogP contribution in [0.25, 0.3) is 0 Å². The van der Waals surface area contributed by atoms with Crippen LogP contribution < -0.4 is 10.3 Å². The highest BCUT2D eigenvalue weighted by atomic mass is 35.5. The van der Waals surface area contributed by atoms with Crippen LogP contribution in [-0.2, 0) is 4.79 Å². The van der Waals surface area contributed by atoms with Crippen LogP contribution in [0.15, 0.2) is 39.9 Å². The number of thiocarbonyl (C=S) groups is 1. The Labute approximate surface area is 153 Å². The monoisotopic (exact) mass is 380 g/mol. The number of hydrogen-bond donors (Lipinski definition) is 1. The van der Waals surface area contributed by atoms with Gasteiger partial charge in [0.1, 0.15) is 16.4 Å². The zero-order chi connectivity index (χ0) is 18.6. The van der Waals surface area contributed by atoms with E-state index in [1.54, 1.807) is 24.3 Å². The van der Waals surface area contributed by atoms with E-state index in [-0.39, 0.29) is 16.6 Å². The van der Waals surface area contributed by atoms with Crippen molar-refractivity contribution in [1.29, 1.82) is 0 Å². The molecular weight excluding hydrogens is 368 g/mol. The molecule has 0 saturated heterocycles. The first-order chi connectivity index (χ1) is 11.8. The lowest BCUT2D eigenvalue weighted by Crippen LogP contribution is -2.39. The van der Waals surface area contributed by atoms with Gasteiger partial charge in [-0.25, -0.2) is 5.01 Å². The normalized spacial score (nSPS) is 10.7. The molecule has 0 bridgehead atoms. The van der Waals surface area contributed by atoms with Crippen molar-refractivity contribution in [3.8, 4) is 0 Å². The summed E-state index contributed by atoms with van der Waals surface area (Å²) in [5.41, 5.74) is 0.964. The number of furan rings is 1. The molecule has 130 valence electrons. The van der Waals surface area contributed by atoms with Gasteiger partial charge in [0.05, 0.1) is 12.3 Å². The highest BCUT2D eigenvalue weighted by Crippen LogP contribution is 2.29. The second-order valence-corrected chi connectivity index (χ2v) is 5.70. The Kier molecular flexibility index (Phi) is 5.84. The molecular formula is C15H13ClN4O4S. The van der Waals surface area contributed by atoms with E-state index in [4.69, 9.17) is 28.2 Å². The Bertz CT molecular complexity index is 848. The van der Waals surface area contributed by atoms with E-state index in [1.807, 2.05) is 0 Å². The lowest BCUT2D eigenvalue weighted by atomic mass is 10.2. The van der Waals surface area contributed by atoms with Gasteiger partial charge < -0.3 is 9.73 Å². The number of benzene rings is 1. The molecule has 0 aliphatic heterocycles. The molecule has 8 nitrogen and oxygen atoms in total. The maximum Gasteiger partial charge on any atom is 0.435 e. The molecule has 25 heavy (non-hydrogen) atoms. The molecule has 1 aromatic carbocycles. The number of aryl methyl sites for hydroxylation is 1. The Morgan fingerprint density at radius 3 is 2.60 bits per heavy atom. The Morgan fingerprint density at radius 1 is 1.44 bits per heavy atom. The van der Waals surface area contributed by atoms with Crippen molar-refractivity contribution in [1.82, 2.24) is 5.32 Å². The van der Waals surface area contributed by atoms with E-state index in [1.165, 1.54) is 31.1 Å². The summed E-state index contributed by atoms with van der Waals surface area (Å²) in [4.78, 5) is 21.5. The van der Waals surface area contributed by atoms with Crippen LogP contribution in [0.5, 0.6) is 0 Å². The standard InChI is InChI=1S/C15H13ClN4O4S/c1-9-13(7-14(24-9)20(22)23)19(15(25)18-10(2)21)17-8-11-3-5-12(16)6-4-11/h3-8H,1-2H3,(H,18,21,25)/b17-8+. The Balaban J connectivity index is 2.39. The number of hydrogen-bond acceptors (Lipinski definition) is 6. The summed E-state index contributed by atoms with van der Waals surface area (Å²) in [7, 11) is 0. The van der Waals surface area contributed by atoms with Crippen molar-refractivity contribution in [3.63, 3.8) is 0 Å². The van der Waals surface area contributed by atoms with Crippen LogP contribution in [0.3, 0.4) is 0 Å². The minimum absolute atomic E-state index is 0.0449. The number of carbonyl (C=O) groups excluding carboxylic acids is 1. The fourth-order valence-electron chi connectivity index (χ4n) is 1.86. The van der Waals surface area contributed by atoms with Crippen LogP contribution in [0.4, 0.5) is 11.6 Å². The Morgan fingerprint density at radius 2 is 2.08 bits per heavy atom. The largest absolute Gasteiger partial charge is 0.435 e. The molecule has 0 aliphatic carbocycles. The van der Waals surface area contributed by atoms with Gasteiger partial charge in [0.25, 0.3) is 0 Å². The quantitative estimate of drug-likeness (QED) is 0.377. The molecule has 0 aliphatic rings. The predicted molar refractivity (Wildman–Crippen MR) is 98.0 cm³/mol. The smallest absolute Gasteiger partial charge is 0.404 e. The first-order valence-electron chi connectivity index (χ1n) is 6.94. The second kappa shape index (κ2) is 7.86. The number of nitrogens with zero attached hydrogens (tertiary/aromatic N) is 3. The molecule has 0 unspecified atom stereocenters. The molecule has 0 radical (unpaired) electrons. The molecule has 0 saturated carbocycles. The topological polar surface area (TPSA) is 101 Å². The number of amides is 1. The third kappa shape index (κ3) is 4.85. The number of nitro groups is 1. The zero-order valence-corrected chi connectivity index (χ0v) is 14.8. The fourth-order valence-corrected chi connectivity index (χ4v) is 2.27. The van der Waals surface area contributed by atoms with Crippen LogP contribution in [0.2, 0.25) is 5.02 Å². The molecule has 0 atom stereocenters. The first-order valence-corrected chi connectivity index (χ1v) is 7.72. The third-order valence-corrected chi connectivity index (χ3v) is 3.48. The van der Waals surface area contributed by atoms with E-state index in [9.17, 15) is 14.9 Å². The van der Waals surface area contributed by atoms with Gasteiger partial charge in [-0.3, -0.25) is 14.9 Å². The van der Waals surface area contributed by atoms with Gasteiger partial charge in [-0.1, -0.05) is 23.7 Å². The molecule has 2 rings (SSSR count). The van der Waals surface area contributed by atoms with Gasteiger partial charge in [-0.2, -0.15) is 5.10 Å². The van der Waals surface area contributed by atoms with E-state index >= 15 is 0 Å². The van der Waals surface area contributed by atoms with Gasteiger partial charge in [0, 0.05) is 11.9 Å². The van der Waals surface area contributed by atoms with Crippen LogP contribution in [-0.4, -0.2) is 22.2 Å². The molecule has 10 heteroatoms. The summed E-state index contributed by atoms with van der Waals surface area (Å²) in [5.74, 6) is -0.621. The third-order valence-electron chi connectivity index (χ3n) is 2.95. The lowest BCUT2D eigenvalue weighted by Gasteiger charge is -2.18. The van der Waals surface area contributed by atoms with Crippen molar-refractivity contribution < 1.29 is 14.1 Å². The number of carbonyl (C=O) groups is 1. The summed E-state index contributed by atoms with van der Waals surface area (Å²) in [5, 5.41) is 19.2. The molecule has 1 aromatic heterocycles. The number of rotatable bonds is 4. The van der Waals surface area contributed by atoms with Crippen molar-refractivity contribution in [2.24, 2.45) is 5.10 Å². The maximum atomic E-state index is 11.3. The van der Waals surface area contributed by atoms with E-state index in [0.717, 1.165) is 5.56 Å². The Hall–Kier alpha value is -2.78. The number of anilines is 1. The molecule has 2 aromatic rings. The van der Waals surface area contributed by atoms with Gasteiger partial charge in [-0.15, -0.1) is 0 Å². The summed E-state index contributed by atoms with van der Waals surface area (Å²) in [6, 6.07) is 8.02. The van der Waals surface area contributed by atoms with Gasteiger partial charge in [0.2, 0.25) is 11.0 Å². The number of nitrogens with one attached hydrogen (secondary N) is 1. The zero-order valence-electron chi connectivity index (χ0n) is 13.2. The van der Waals surface area contributed by atoms with Crippen LogP contribution in [0.1, 0.15) is 18.2 Å². The highest BCUT2D eigenvalue weighted by molar-refractivity contribution is 7.80. The van der Waals surface area contributed by atoms with Gasteiger partial charge >= 0.3 is 5.88 Å². The van der Waals surface area contributed by atoms with E-state index < -0.39 is 16.7 Å². The summed E-state index contributed by atoms with van der Waals surface area (Å²) in [6.07, 6.45) is 1.47. The van der Waals surface area contributed by atoms with Crippen molar-refractivity contribution in [3.05, 3.63) is 56.8 Å². The SMILES string of the molecule is CC(=O)NC(=S)N(/N=C/c1ccc(Cl)cc1)c1cc([N+](=O)[O-])oc1C. The number of halogens is 1. The minimum atomic E-state index is -0.668.